The van der Waals surface area contributed by atoms with Crippen LogP contribution in [0.4, 0.5) is 0 Å². The van der Waals surface area contributed by atoms with E-state index in [0.717, 1.165) is 5.56 Å². The third-order valence-electron chi connectivity index (χ3n) is 1.77. The van der Waals surface area contributed by atoms with Gasteiger partial charge in [0.2, 0.25) is 0 Å². The molecule has 0 aliphatic heterocycles. The van der Waals surface area contributed by atoms with E-state index in [-0.39, 0.29) is 0 Å². The summed E-state index contributed by atoms with van der Waals surface area (Å²) in [5.74, 6) is 0. The van der Waals surface area contributed by atoms with Gasteiger partial charge >= 0.3 is 5.69 Å². The average molecular weight is 177 g/mol. The van der Waals surface area contributed by atoms with Gasteiger partial charge in [-0.1, -0.05) is 16.0 Å². The molecule has 0 atom stereocenters. The number of rotatable bonds is 0. The van der Waals surface area contributed by atoms with Crippen LogP contribution in [0, 0.1) is 12.1 Å². The summed E-state index contributed by atoms with van der Waals surface area (Å²) >= 11 is 0. The number of nitrogens with zero attached hydrogens (tertiary/aromatic N) is 2. The van der Waals surface area contributed by atoms with Crippen LogP contribution >= 0.6 is 0 Å². The fourth-order valence-corrected chi connectivity index (χ4v) is 1.17. The van der Waals surface area contributed by atoms with Crippen LogP contribution in [0.15, 0.2) is 23.0 Å². The highest BCUT2D eigenvalue weighted by Gasteiger charge is 2.05. The van der Waals surface area contributed by atoms with E-state index >= 15 is 0 Å². The first-order valence-corrected chi connectivity index (χ1v) is 3.77. The molecule has 2 aromatic rings. The Morgan fingerprint density at radius 2 is 2.31 bits per heavy atom. The molecular formula is C8H7N3O2. The molecule has 0 saturated carbocycles. The van der Waals surface area contributed by atoms with Gasteiger partial charge in [-0.3, -0.25) is 0 Å². The van der Waals surface area contributed by atoms with Gasteiger partial charge in [0.05, 0.1) is 0 Å². The van der Waals surface area contributed by atoms with Crippen molar-refractivity contribution in [2.24, 2.45) is 0 Å². The van der Waals surface area contributed by atoms with Crippen LogP contribution in [-0.2, 0) is 0 Å². The van der Waals surface area contributed by atoms with E-state index < -0.39 is 5.69 Å². The third-order valence-corrected chi connectivity index (χ3v) is 1.77. The van der Waals surface area contributed by atoms with E-state index in [1.54, 1.807) is 18.2 Å². The largest absolute Gasteiger partial charge is 0.595 e. The van der Waals surface area contributed by atoms with Gasteiger partial charge in [0, 0.05) is 6.07 Å². The Bertz CT molecular complexity index is 518. The second-order valence-electron chi connectivity index (χ2n) is 2.82. The first-order valence-electron chi connectivity index (χ1n) is 3.77. The maximum absolute atomic E-state index is 11.2. The summed E-state index contributed by atoms with van der Waals surface area (Å²) in [6, 6.07) is 5.12. The smallest absolute Gasteiger partial charge is 0.395 e. The lowest BCUT2D eigenvalue weighted by molar-refractivity contribution is -0.644. The van der Waals surface area contributed by atoms with Crippen LogP contribution in [0.2, 0.25) is 0 Å². The van der Waals surface area contributed by atoms with Gasteiger partial charge in [0.15, 0.2) is 0 Å². The lowest BCUT2D eigenvalue weighted by Crippen LogP contribution is -2.39. The van der Waals surface area contributed by atoms with Crippen LogP contribution in [0.3, 0.4) is 0 Å². The predicted molar refractivity (Wildman–Crippen MR) is 46.1 cm³/mol. The summed E-state index contributed by atoms with van der Waals surface area (Å²) in [5.41, 5.74) is 1.10. The average Bonchev–Trinajstić information content (AvgIpc) is 2.06. The first-order chi connectivity index (χ1) is 6.16. The van der Waals surface area contributed by atoms with Crippen LogP contribution in [0.1, 0.15) is 5.56 Å². The molecule has 13 heavy (non-hydrogen) atoms. The maximum atomic E-state index is 11.2. The van der Waals surface area contributed by atoms with Gasteiger partial charge < -0.3 is 5.21 Å². The molecule has 0 amide bonds. The number of hydrogen-bond donors (Lipinski definition) is 1. The Kier molecular flexibility index (Phi) is 1.51. The highest BCUT2D eigenvalue weighted by atomic mass is 16.5. The first kappa shape index (κ1) is 7.72. The summed E-state index contributed by atoms with van der Waals surface area (Å²) in [7, 11) is 0. The molecule has 1 heterocycles. The summed E-state index contributed by atoms with van der Waals surface area (Å²) in [6.45, 7) is 1.87. The zero-order chi connectivity index (χ0) is 9.42. The lowest BCUT2D eigenvalue weighted by Gasteiger charge is -1.98. The van der Waals surface area contributed by atoms with E-state index in [1.165, 1.54) is 0 Å². The topological polar surface area (TPSA) is 72.7 Å². The van der Waals surface area contributed by atoms with Crippen molar-refractivity contribution in [1.82, 2.24) is 10.1 Å². The molecule has 1 aromatic heterocycles. The van der Waals surface area contributed by atoms with Gasteiger partial charge in [-0.25, -0.2) is 4.79 Å². The van der Waals surface area contributed by atoms with Crippen molar-refractivity contribution < 1.29 is 4.85 Å². The normalized spacial score (nSPS) is 10.5. The van der Waals surface area contributed by atoms with E-state index in [2.05, 4.69) is 4.98 Å². The number of hydrogen-bond acceptors (Lipinski definition) is 3. The van der Waals surface area contributed by atoms with Crippen molar-refractivity contribution in [3.05, 3.63) is 39.5 Å². The number of H-pyrrole nitrogens is 1. The molecule has 0 radical (unpaired) electrons. The van der Waals surface area contributed by atoms with Crippen LogP contribution in [0.5, 0.6) is 0 Å². The molecule has 0 aliphatic rings. The van der Waals surface area contributed by atoms with Crippen molar-refractivity contribution in [2.75, 3.05) is 0 Å². The standard InChI is InChI=1S/C8H7N3O2/c1-5-2-3-6-7(4-5)11(13)10-8(12)9-6/h2-4H,1H3,(H,9,10,12). The highest BCUT2D eigenvalue weighted by molar-refractivity contribution is 5.70. The molecule has 0 aliphatic carbocycles. The molecule has 0 unspecified atom stereocenters. The highest BCUT2D eigenvalue weighted by Crippen LogP contribution is 2.06. The summed E-state index contributed by atoms with van der Waals surface area (Å²) in [6.07, 6.45) is 0. The molecule has 66 valence electrons. The molecule has 0 saturated heterocycles. The van der Waals surface area contributed by atoms with Gasteiger partial charge in [-0.05, 0) is 18.6 Å². The maximum Gasteiger partial charge on any atom is 0.395 e. The second-order valence-corrected chi connectivity index (χ2v) is 2.82. The minimum atomic E-state index is -0.633. The SMILES string of the molecule is Cc1ccc2nc(=O)[nH][n+]([O-])c2c1. The van der Waals surface area contributed by atoms with E-state index in [4.69, 9.17) is 0 Å². The summed E-state index contributed by atoms with van der Waals surface area (Å²) in [5, 5.41) is 13.2. The second kappa shape index (κ2) is 2.55. The fourth-order valence-electron chi connectivity index (χ4n) is 1.17. The van der Waals surface area contributed by atoms with Crippen LogP contribution in [-0.4, -0.2) is 10.1 Å². The van der Waals surface area contributed by atoms with Crippen LogP contribution in [0.25, 0.3) is 11.0 Å². The predicted octanol–water partition coefficient (Wildman–Crippen LogP) is -0.135. The fraction of sp³-hybridized carbons (Fsp3) is 0.125. The van der Waals surface area contributed by atoms with Gasteiger partial charge in [-0.15, -0.1) is 0 Å². The Hall–Kier alpha value is -1.91. The number of nitrogens with one attached hydrogen (secondary N) is 1. The monoisotopic (exact) mass is 177 g/mol. The van der Waals surface area contributed by atoms with E-state index in [0.29, 0.717) is 15.9 Å². The Morgan fingerprint density at radius 1 is 1.54 bits per heavy atom. The molecular weight excluding hydrogens is 170 g/mol. The minimum Gasteiger partial charge on any atom is -0.595 e. The molecule has 5 heteroatoms. The molecule has 0 spiro atoms. The Balaban J connectivity index is 2.95. The number of benzene rings is 1. The van der Waals surface area contributed by atoms with Crippen molar-refractivity contribution in [3.63, 3.8) is 0 Å². The summed E-state index contributed by atoms with van der Waals surface area (Å²) < 4.78 is 0. The number of aromatic amines is 1. The van der Waals surface area contributed by atoms with Gasteiger partial charge in [-0.2, -0.15) is 4.98 Å². The zero-order valence-corrected chi connectivity index (χ0v) is 6.94. The number of fused-ring (bicyclic) bond motifs is 1. The molecule has 0 fully saturated rings. The van der Waals surface area contributed by atoms with Crippen molar-refractivity contribution in [2.45, 2.75) is 6.92 Å². The molecule has 1 N–H and O–H groups in total. The molecule has 0 bridgehead atoms. The molecule has 2 rings (SSSR count). The minimum absolute atomic E-state index is 0.375. The lowest BCUT2D eigenvalue weighted by atomic mass is 10.2. The molecule has 5 nitrogen and oxygen atoms in total. The van der Waals surface area contributed by atoms with Gasteiger partial charge in [0.1, 0.15) is 5.52 Å². The Morgan fingerprint density at radius 3 is 3.08 bits per heavy atom. The van der Waals surface area contributed by atoms with Crippen molar-refractivity contribution >= 4 is 11.0 Å². The van der Waals surface area contributed by atoms with E-state index in [1.807, 2.05) is 12.0 Å². The third kappa shape index (κ3) is 1.24. The van der Waals surface area contributed by atoms with Crippen molar-refractivity contribution in [1.29, 1.82) is 0 Å². The van der Waals surface area contributed by atoms with Crippen molar-refractivity contribution in [3.8, 4) is 0 Å². The number of aryl methyl sites for hydroxylation is 1. The molecule has 1 aromatic carbocycles. The van der Waals surface area contributed by atoms with E-state index in [9.17, 15) is 10.0 Å². The summed E-state index contributed by atoms with van der Waals surface area (Å²) in [4.78, 5) is 14.9. The Labute approximate surface area is 73.2 Å². The number of aromatic nitrogens is 3. The van der Waals surface area contributed by atoms with Crippen LogP contribution < -0.4 is 10.5 Å². The van der Waals surface area contributed by atoms with Gasteiger partial charge in [0.25, 0.3) is 5.52 Å². The quantitative estimate of drug-likeness (QED) is 0.449. The zero-order valence-electron chi connectivity index (χ0n) is 6.94.